The maximum atomic E-state index is 13.6. The highest BCUT2D eigenvalue weighted by molar-refractivity contribution is 6.33. The Hall–Kier alpha value is -2.31. The van der Waals surface area contributed by atoms with Gasteiger partial charge in [-0.1, -0.05) is 30.7 Å². The van der Waals surface area contributed by atoms with Gasteiger partial charge in [0.05, 0.1) is 18.7 Å². The van der Waals surface area contributed by atoms with Crippen molar-refractivity contribution >= 4 is 17.6 Å². The topological polar surface area (TPSA) is 70.8 Å². The van der Waals surface area contributed by atoms with E-state index >= 15 is 0 Å². The zero-order chi connectivity index (χ0) is 20.0. The predicted octanol–water partition coefficient (Wildman–Crippen LogP) is 3.91. The van der Waals surface area contributed by atoms with E-state index in [-0.39, 0.29) is 18.3 Å². The molecule has 0 fully saturated rings. The van der Waals surface area contributed by atoms with Gasteiger partial charge in [0.1, 0.15) is 19.0 Å². The minimum absolute atomic E-state index is 0.0312. The van der Waals surface area contributed by atoms with Crippen LogP contribution in [-0.4, -0.2) is 32.8 Å². The van der Waals surface area contributed by atoms with Gasteiger partial charge >= 0.3 is 5.97 Å². The summed E-state index contributed by atoms with van der Waals surface area (Å²) in [4.78, 5) is 9.83. The summed E-state index contributed by atoms with van der Waals surface area (Å²) in [6.45, 7) is 4.96. The summed E-state index contributed by atoms with van der Waals surface area (Å²) in [5.74, 6) is 0.749. The molecule has 0 unspecified atom stereocenters. The Labute approximate surface area is 163 Å². The Bertz CT molecular complexity index is 820. The van der Waals surface area contributed by atoms with Gasteiger partial charge in [0.15, 0.2) is 11.5 Å². The summed E-state index contributed by atoms with van der Waals surface area (Å²) in [6.07, 6.45) is 0.691. The highest BCUT2D eigenvalue weighted by Crippen LogP contribution is 2.45. The fourth-order valence-corrected chi connectivity index (χ4v) is 3.09. The first kappa shape index (κ1) is 21.0. The molecule has 0 amide bonds. The number of rotatable bonds is 3. The second-order valence-electron chi connectivity index (χ2n) is 5.84. The number of hydrogen-bond acceptors (Lipinski definition) is 5. The molecule has 2 aromatic rings. The van der Waals surface area contributed by atoms with Crippen molar-refractivity contribution < 1.29 is 23.4 Å². The van der Waals surface area contributed by atoms with Gasteiger partial charge in [0.25, 0.3) is 0 Å². The summed E-state index contributed by atoms with van der Waals surface area (Å²) in [5, 5.41) is 0.395. The summed E-state index contributed by atoms with van der Waals surface area (Å²) in [6, 6.07) is 6.80. The van der Waals surface area contributed by atoms with Gasteiger partial charge in [0.2, 0.25) is 0 Å². The summed E-state index contributed by atoms with van der Waals surface area (Å²) in [7, 11) is 1.30. The van der Waals surface area contributed by atoms with Gasteiger partial charge in [-0.05, 0) is 36.6 Å². The average molecular weight is 396 g/mol. The monoisotopic (exact) mass is 395 g/mol. The number of halogens is 2. The molecule has 1 aliphatic rings. The molecule has 0 spiro atoms. The van der Waals surface area contributed by atoms with Gasteiger partial charge in [-0.15, -0.1) is 0 Å². The number of ether oxygens (including phenoxy) is 3. The van der Waals surface area contributed by atoms with Crippen LogP contribution in [-0.2, 0) is 16.0 Å². The number of hydrogen-bond donors (Lipinski definition) is 1. The maximum absolute atomic E-state index is 13.6. The lowest BCUT2D eigenvalue weighted by molar-refractivity contribution is -0.138. The number of carbonyl (C=O) groups excluding carboxylic acids is 1. The first-order chi connectivity index (χ1) is 12.9. The van der Waals surface area contributed by atoms with Crippen molar-refractivity contribution in [2.24, 2.45) is 5.73 Å². The smallest absolute Gasteiger partial charge is 0.319 e. The molecule has 3 rings (SSSR count). The number of nitrogens with two attached hydrogens (primary N) is 1. The number of esters is 1. The van der Waals surface area contributed by atoms with Crippen LogP contribution in [0, 0.1) is 12.7 Å². The Balaban J connectivity index is 0.000000380. The number of fused-ring (bicyclic) bond motifs is 1. The van der Waals surface area contributed by atoms with Gasteiger partial charge in [-0.2, -0.15) is 0 Å². The van der Waals surface area contributed by atoms with Gasteiger partial charge < -0.3 is 19.9 Å². The normalized spacial score (nSPS) is 12.1. The molecule has 0 atom stereocenters. The fraction of sp³-hybridized carbons (Fsp3) is 0.350. The highest BCUT2D eigenvalue weighted by Gasteiger charge is 2.22. The lowest BCUT2D eigenvalue weighted by Crippen LogP contribution is -2.17. The summed E-state index contributed by atoms with van der Waals surface area (Å²) < 4.78 is 29.2. The van der Waals surface area contributed by atoms with Crippen LogP contribution in [0.2, 0.25) is 5.02 Å². The van der Waals surface area contributed by atoms with Crippen molar-refractivity contribution in [3.63, 3.8) is 0 Å². The first-order valence-corrected chi connectivity index (χ1v) is 8.95. The third-order valence-corrected chi connectivity index (χ3v) is 4.36. The van der Waals surface area contributed by atoms with E-state index in [2.05, 4.69) is 4.74 Å². The second kappa shape index (κ2) is 9.58. The molecule has 27 heavy (non-hydrogen) atoms. The third kappa shape index (κ3) is 4.90. The van der Waals surface area contributed by atoms with Crippen molar-refractivity contribution in [3.05, 3.63) is 46.2 Å². The van der Waals surface area contributed by atoms with Crippen LogP contribution in [0.3, 0.4) is 0 Å². The van der Waals surface area contributed by atoms with Crippen LogP contribution in [0.25, 0.3) is 11.1 Å². The SMILES string of the molecule is CCc1cc(F)cc(Cl)c1-c1ccc(C)c2c1OCCO2.COC(=O)CN. The van der Waals surface area contributed by atoms with E-state index in [4.69, 9.17) is 26.8 Å². The molecule has 146 valence electrons. The molecular weight excluding hydrogens is 373 g/mol. The largest absolute Gasteiger partial charge is 0.486 e. The number of aryl methyl sites for hydroxylation is 2. The minimum Gasteiger partial charge on any atom is -0.486 e. The highest BCUT2D eigenvalue weighted by atomic mass is 35.5. The van der Waals surface area contributed by atoms with E-state index in [1.165, 1.54) is 19.2 Å². The standard InChI is InChI=1S/C17H16ClFO2.C3H7NO2/c1-3-11-8-12(19)9-14(18)15(11)13-5-4-10(2)16-17(13)21-7-6-20-16;1-6-3(5)2-4/h4-5,8-9H,3,6-7H2,1-2H3;2,4H2,1H3. The van der Waals surface area contributed by atoms with E-state index < -0.39 is 0 Å². The quantitative estimate of drug-likeness (QED) is 0.798. The Morgan fingerprint density at radius 1 is 1.26 bits per heavy atom. The van der Waals surface area contributed by atoms with E-state index in [0.29, 0.717) is 30.4 Å². The molecule has 5 nitrogen and oxygen atoms in total. The van der Waals surface area contributed by atoms with Crippen LogP contribution in [0.15, 0.2) is 24.3 Å². The van der Waals surface area contributed by atoms with Crippen LogP contribution in [0.1, 0.15) is 18.1 Å². The fourth-order valence-electron chi connectivity index (χ4n) is 2.76. The molecule has 2 N–H and O–H groups in total. The molecule has 0 saturated carbocycles. The summed E-state index contributed by atoms with van der Waals surface area (Å²) in [5.41, 5.74) is 8.37. The Morgan fingerprint density at radius 2 is 1.93 bits per heavy atom. The van der Waals surface area contributed by atoms with Crippen molar-refractivity contribution in [2.75, 3.05) is 26.9 Å². The molecule has 2 aromatic carbocycles. The zero-order valence-electron chi connectivity index (χ0n) is 15.6. The van der Waals surface area contributed by atoms with Gasteiger partial charge in [-0.25, -0.2) is 4.39 Å². The van der Waals surface area contributed by atoms with Gasteiger partial charge in [-0.3, -0.25) is 4.79 Å². The zero-order valence-corrected chi connectivity index (χ0v) is 16.4. The van der Waals surface area contributed by atoms with Crippen LogP contribution in [0.5, 0.6) is 11.5 Å². The van der Waals surface area contributed by atoms with Crippen LogP contribution in [0.4, 0.5) is 4.39 Å². The maximum Gasteiger partial charge on any atom is 0.319 e. The van der Waals surface area contributed by atoms with Crippen LogP contribution < -0.4 is 15.2 Å². The molecule has 0 bridgehead atoms. The van der Waals surface area contributed by atoms with Crippen molar-refractivity contribution in [2.45, 2.75) is 20.3 Å². The lowest BCUT2D eigenvalue weighted by Gasteiger charge is -2.24. The van der Waals surface area contributed by atoms with E-state index in [9.17, 15) is 9.18 Å². The number of benzene rings is 2. The second-order valence-corrected chi connectivity index (χ2v) is 6.25. The molecule has 1 heterocycles. The molecule has 0 aromatic heterocycles. The van der Waals surface area contributed by atoms with Crippen LogP contribution >= 0.6 is 11.6 Å². The summed E-state index contributed by atoms with van der Waals surface area (Å²) >= 11 is 6.29. The number of methoxy groups -OCH3 is 1. The molecule has 0 radical (unpaired) electrons. The third-order valence-electron chi connectivity index (χ3n) is 4.07. The molecular formula is C20H23ClFNO4. The number of carbonyl (C=O) groups is 1. The van der Waals surface area contributed by atoms with E-state index in [1.54, 1.807) is 0 Å². The van der Waals surface area contributed by atoms with E-state index in [0.717, 1.165) is 28.0 Å². The average Bonchev–Trinajstić information content (AvgIpc) is 2.68. The Kier molecular flexibility index (Phi) is 7.45. The van der Waals surface area contributed by atoms with Crippen molar-refractivity contribution in [1.29, 1.82) is 0 Å². The molecule has 0 saturated heterocycles. The lowest BCUT2D eigenvalue weighted by atomic mass is 9.95. The van der Waals surface area contributed by atoms with E-state index in [1.807, 2.05) is 26.0 Å². The van der Waals surface area contributed by atoms with Crippen molar-refractivity contribution in [3.8, 4) is 22.6 Å². The molecule has 0 aliphatic carbocycles. The Morgan fingerprint density at radius 3 is 2.48 bits per heavy atom. The predicted molar refractivity (Wildman–Crippen MR) is 103 cm³/mol. The van der Waals surface area contributed by atoms with Crippen molar-refractivity contribution in [1.82, 2.24) is 0 Å². The first-order valence-electron chi connectivity index (χ1n) is 8.57. The molecule has 7 heteroatoms. The minimum atomic E-state index is -0.380. The van der Waals surface area contributed by atoms with Gasteiger partial charge in [0, 0.05) is 11.1 Å². The molecule has 1 aliphatic heterocycles.